The number of sulfonamides is 1. The van der Waals surface area contributed by atoms with E-state index in [4.69, 9.17) is 0 Å². The van der Waals surface area contributed by atoms with Crippen LogP contribution in [0, 0.1) is 0 Å². The van der Waals surface area contributed by atoms with Gasteiger partial charge in [-0.2, -0.15) is 5.10 Å². The Kier molecular flexibility index (Phi) is 7.36. The predicted molar refractivity (Wildman–Crippen MR) is 130 cm³/mol. The van der Waals surface area contributed by atoms with Crippen molar-refractivity contribution < 1.29 is 18.0 Å². The van der Waals surface area contributed by atoms with E-state index < -0.39 is 15.9 Å². The van der Waals surface area contributed by atoms with Crippen LogP contribution in [0.2, 0.25) is 0 Å². The van der Waals surface area contributed by atoms with Crippen LogP contribution in [0.4, 0.5) is 5.69 Å². The highest BCUT2D eigenvalue weighted by atomic mass is 32.2. The molecule has 0 atom stereocenters. The molecule has 2 amide bonds. The van der Waals surface area contributed by atoms with Crippen molar-refractivity contribution in [1.82, 2.24) is 9.73 Å². The van der Waals surface area contributed by atoms with Gasteiger partial charge in [0.1, 0.15) is 11.5 Å². The van der Waals surface area contributed by atoms with Crippen molar-refractivity contribution >= 4 is 39.1 Å². The van der Waals surface area contributed by atoms with Crippen molar-refractivity contribution in [3.05, 3.63) is 60.2 Å². The number of hydrazone groups is 1. The summed E-state index contributed by atoms with van der Waals surface area (Å²) in [5, 5.41) is 8.30. The Labute approximate surface area is 199 Å². The third kappa shape index (κ3) is 6.07. The molecule has 0 spiro atoms. The Morgan fingerprint density at radius 3 is 2.47 bits per heavy atom. The van der Waals surface area contributed by atoms with Crippen molar-refractivity contribution in [3.63, 3.8) is 0 Å². The zero-order valence-corrected chi connectivity index (χ0v) is 19.6. The Hall–Kier alpha value is -3.53. The third-order valence-corrected chi connectivity index (χ3v) is 6.99. The topological polar surface area (TPSA) is 120 Å². The number of carbonyl (C=O) groups is 2. The van der Waals surface area contributed by atoms with E-state index in [1.54, 1.807) is 0 Å². The van der Waals surface area contributed by atoms with E-state index >= 15 is 0 Å². The van der Waals surface area contributed by atoms with Crippen LogP contribution in [0.25, 0.3) is 0 Å². The fourth-order valence-electron chi connectivity index (χ4n) is 3.74. The van der Waals surface area contributed by atoms with Crippen molar-refractivity contribution in [1.29, 1.82) is 0 Å². The molecule has 2 N–H and O–H groups in total. The van der Waals surface area contributed by atoms with Gasteiger partial charge in [-0.3, -0.25) is 19.3 Å². The minimum Gasteiger partial charge on any atom is -0.321 e. The fourth-order valence-corrected chi connectivity index (χ4v) is 4.83. The largest absolute Gasteiger partial charge is 0.321 e. The van der Waals surface area contributed by atoms with Gasteiger partial charge in [0.25, 0.3) is 15.9 Å². The summed E-state index contributed by atoms with van der Waals surface area (Å²) in [6, 6.07) is 15.4. The molecular formula is C24H27N5O4S. The Balaban J connectivity index is 1.40. The molecule has 0 bridgehead atoms. The van der Waals surface area contributed by atoms with Crippen LogP contribution in [0.5, 0.6) is 0 Å². The fraction of sp³-hybridized carbons (Fsp3) is 0.333. The number of hydrogen-bond acceptors (Lipinski definition) is 6. The number of anilines is 1. The summed E-state index contributed by atoms with van der Waals surface area (Å²) >= 11 is 0. The smallest absolute Gasteiger partial charge is 0.271 e. The first-order chi connectivity index (χ1) is 16.4. The minimum atomic E-state index is -3.75. The second-order valence-electron chi connectivity index (χ2n) is 8.21. The molecule has 0 aromatic heterocycles. The van der Waals surface area contributed by atoms with E-state index in [1.807, 2.05) is 30.3 Å². The van der Waals surface area contributed by atoms with Gasteiger partial charge >= 0.3 is 0 Å². The highest BCUT2D eigenvalue weighted by Crippen LogP contribution is 2.18. The average molecular weight is 482 g/mol. The summed E-state index contributed by atoms with van der Waals surface area (Å²) in [5.74, 6) is -0.0763. The first-order valence-corrected chi connectivity index (χ1v) is 12.8. The van der Waals surface area contributed by atoms with Gasteiger partial charge in [0.05, 0.1) is 11.4 Å². The summed E-state index contributed by atoms with van der Waals surface area (Å²) in [6.45, 7) is 0.919. The molecule has 4 rings (SSSR count). The average Bonchev–Trinajstić information content (AvgIpc) is 3.09. The van der Waals surface area contributed by atoms with Gasteiger partial charge in [-0.25, -0.2) is 13.4 Å². The summed E-state index contributed by atoms with van der Waals surface area (Å²) in [5.41, 5.74) is 1.60. The highest BCUT2D eigenvalue weighted by molar-refractivity contribution is 7.90. The molecule has 0 saturated heterocycles. The van der Waals surface area contributed by atoms with E-state index in [9.17, 15) is 18.0 Å². The molecule has 0 radical (unpaired) electrons. The Morgan fingerprint density at radius 2 is 1.71 bits per heavy atom. The van der Waals surface area contributed by atoms with Gasteiger partial charge in [-0.1, -0.05) is 36.8 Å². The van der Waals surface area contributed by atoms with Gasteiger partial charge in [0.15, 0.2) is 0 Å². The van der Waals surface area contributed by atoms with Crippen LogP contribution in [-0.4, -0.2) is 43.3 Å². The maximum atomic E-state index is 12.7. The van der Waals surface area contributed by atoms with E-state index in [0.29, 0.717) is 31.0 Å². The van der Waals surface area contributed by atoms with Gasteiger partial charge in [0.2, 0.25) is 5.91 Å². The molecule has 10 heteroatoms. The number of aliphatic imine (C=N–C) groups is 1. The molecule has 2 aromatic carbocycles. The summed E-state index contributed by atoms with van der Waals surface area (Å²) in [7, 11) is -3.75. The van der Waals surface area contributed by atoms with Crippen molar-refractivity contribution in [2.45, 2.75) is 50.0 Å². The van der Waals surface area contributed by atoms with E-state index in [0.717, 1.165) is 24.8 Å². The zero-order chi connectivity index (χ0) is 24.0. The summed E-state index contributed by atoms with van der Waals surface area (Å²) in [6.07, 6.45) is 3.96. The lowest BCUT2D eigenvalue weighted by Crippen LogP contribution is -2.36. The number of amides is 2. The Morgan fingerprint density at radius 1 is 0.941 bits per heavy atom. The van der Waals surface area contributed by atoms with Crippen LogP contribution in [0.3, 0.4) is 0 Å². The van der Waals surface area contributed by atoms with Crippen LogP contribution in [-0.2, 0) is 26.2 Å². The molecule has 2 aromatic rings. The second kappa shape index (κ2) is 10.6. The number of nitrogens with one attached hydrogen (secondary N) is 2. The molecule has 0 saturated carbocycles. The zero-order valence-electron chi connectivity index (χ0n) is 18.7. The highest BCUT2D eigenvalue weighted by Gasteiger charge is 2.25. The standard InChI is InChI=1S/C24H27N5O4S/c30-23-15-14-21(27-29(23)17-18-7-3-1-4-8-18)24(31)26-19-10-12-20(13-11-19)34(32,33)28-22-9-5-2-6-16-25-22/h1,3-4,7-8,10-13H,2,5-6,9,14-17H2,(H,25,28)(H,26,31). The number of amidine groups is 1. The van der Waals surface area contributed by atoms with Crippen LogP contribution in [0.15, 0.2) is 69.6 Å². The van der Waals surface area contributed by atoms with Crippen molar-refractivity contribution in [2.24, 2.45) is 10.1 Å². The van der Waals surface area contributed by atoms with Gasteiger partial charge in [-0.05, 0) is 42.7 Å². The molecule has 2 heterocycles. The lowest BCUT2D eigenvalue weighted by Gasteiger charge is -2.23. The van der Waals surface area contributed by atoms with E-state index in [-0.39, 0.29) is 29.4 Å². The molecular weight excluding hydrogens is 454 g/mol. The minimum absolute atomic E-state index is 0.0899. The normalized spacial score (nSPS) is 16.8. The number of carbonyl (C=O) groups excluding carboxylic acids is 2. The number of benzene rings is 2. The predicted octanol–water partition coefficient (Wildman–Crippen LogP) is 3.05. The van der Waals surface area contributed by atoms with Gasteiger partial charge in [0, 0.05) is 31.5 Å². The monoisotopic (exact) mass is 481 g/mol. The van der Waals surface area contributed by atoms with Crippen LogP contribution in [0.1, 0.15) is 44.1 Å². The SMILES string of the molecule is O=C(Nc1ccc(S(=O)(=O)NC2=NCCCCC2)cc1)C1=NN(Cc2ccccc2)C(=O)CC1. The number of rotatable bonds is 6. The number of hydrogen-bond donors (Lipinski definition) is 2. The first-order valence-electron chi connectivity index (χ1n) is 11.3. The molecule has 0 fully saturated rings. The molecule has 34 heavy (non-hydrogen) atoms. The lowest BCUT2D eigenvalue weighted by molar-refractivity contribution is -0.132. The molecule has 178 valence electrons. The third-order valence-electron chi connectivity index (χ3n) is 5.59. The molecule has 9 nitrogen and oxygen atoms in total. The van der Waals surface area contributed by atoms with Crippen molar-refractivity contribution in [2.75, 3.05) is 11.9 Å². The molecule has 0 aliphatic carbocycles. The second-order valence-corrected chi connectivity index (χ2v) is 9.89. The molecule has 2 aliphatic heterocycles. The van der Waals surface area contributed by atoms with E-state index in [1.165, 1.54) is 29.3 Å². The van der Waals surface area contributed by atoms with E-state index in [2.05, 4.69) is 20.1 Å². The van der Waals surface area contributed by atoms with Crippen LogP contribution >= 0.6 is 0 Å². The lowest BCUT2D eigenvalue weighted by atomic mass is 10.1. The first kappa shape index (κ1) is 23.6. The number of nitrogens with zero attached hydrogens (tertiary/aromatic N) is 3. The van der Waals surface area contributed by atoms with Gasteiger partial charge < -0.3 is 5.32 Å². The molecule has 0 unspecified atom stereocenters. The van der Waals surface area contributed by atoms with Gasteiger partial charge in [-0.15, -0.1) is 0 Å². The molecule has 2 aliphatic rings. The summed E-state index contributed by atoms with van der Waals surface area (Å²) < 4.78 is 27.9. The maximum absolute atomic E-state index is 12.7. The quantitative estimate of drug-likeness (QED) is 0.659. The van der Waals surface area contributed by atoms with Crippen LogP contribution < -0.4 is 10.0 Å². The van der Waals surface area contributed by atoms with Crippen molar-refractivity contribution in [3.8, 4) is 0 Å². The maximum Gasteiger partial charge on any atom is 0.271 e. The summed E-state index contributed by atoms with van der Waals surface area (Å²) in [4.78, 5) is 29.4. The Bertz CT molecular complexity index is 1210.